The Balaban J connectivity index is 2.14. The molecule has 0 radical (unpaired) electrons. The second-order valence-corrected chi connectivity index (χ2v) is 4.34. The fourth-order valence-corrected chi connectivity index (χ4v) is 1.88. The normalized spacial score (nSPS) is 22.6. The smallest absolute Gasteiger partial charge is 0.0767 e. The van der Waals surface area contributed by atoms with Crippen molar-refractivity contribution in [3.8, 4) is 0 Å². The number of rotatable bonds is 6. The first-order chi connectivity index (χ1) is 7.20. The van der Waals surface area contributed by atoms with Gasteiger partial charge < -0.3 is 15.6 Å². The van der Waals surface area contributed by atoms with E-state index < -0.39 is 5.60 Å². The van der Waals surface area contributed by atoms with E-state index in [1.807, 2.05) is 6.92 Å². The molecular formula is C11H24N2O2. The van der Waals surface area contributed by atoms with E-state index in [2.05, 4.69) is 4.90 Å². The van der Waals surface area contributed by atoms with Crippen molar-refractivity contribution in [1.29, 1.82) is 0 Å². The fourth-order valence-electron chi connectivity index (χ4n) is 1.88. The molecule has 0 aromatic rings. The number of ether oxygens (including phenoxy) is 1. The Morgan fingerprint density at radius 3 is 2.60 bits per heavy atom. The van der Waals surface area contributed by atoms with Crippen LogP contribution < -0.4 is 5.73 Å². The number of aliphatic hydroxyl groups is 1. The van der Waals surface area contributed by atoms with Gasteiger partial charge >= 0.3 is 0 Å². The van der Waals surface area contributed by atoms with E-state index >= 15 is 0 Å². The Morgan fingerprint density at radius 1 is 1.40 bits per heavy atom. The van der Waals surface area contributed by atoms with Gasteiger partial charge in [0.05, 0.1) is 18.8 Å². The third-order valence-corrected chi connectivity index (χ3v) is 3.26. The molecule has 1 aliphatic rings. The van der Waals surface area contributed by atoms with Gasteiger partial charge in [-0.25, -0.2) is 0 Å². The quantitative estimate of drug-likeness (QED) is 0.666. The van der Waals surface area contributed by atoms with E-state index in [0.29, 0.717) is 6.54 Å². The van der Waals surface area contributed by atoms with Crippen molar-refractivity contribution in [2.45, 2.75) is 31.8 Å². The van der Waals surface area contributed by atoms with Crippen LogP contribution in [0.4, 0.5) is 0 Å². The van der Waals surface area contributed by atoms with Gasteiger partial charge in [-0.3, -0.25) is 4.90 Å². The van der Waals surface area contributed by atoms with Crippen LogP contribution in [0, 0.1) is 0 Å². The average Bonchev–Trinajstić information content (AvgIpc) is 2.30. The van der Waals surface area contributed by atoms with Crippen molar-refractivity contribution in [2.75, 3.05) is 39.4 Å². The third-order valence-electron chi connectivity index (χ3n) is 3.26. The molecule has 1 heterocycles. The maximum Gasteiger partial charge on any atom is 0.0767 e. The molecule has 90 valence electrons. The molecule has 4 heteroatoms. The van der Waals surface area contributed by atoms with Crippen molar-refractivity contribution < 1.29 is 9.84 Å². The lowest BCUT2D eigenvalue weighted by atomic mass is 9.95. The molecule has 0 amide bonds. The molecule has 0 spiro atoms. The summed E-state index contributed by atoms with van der Waals surface area (Å²) in [6, 6.07) is 0. The predicted octanol–water partition coefficient (Wildman–Crippen LogP) is 0.199. The SMILES string of the molecule is CCC(O)(CN)CCCN1CCOCC1. The molecule has 1 rings (SSSR count). The van der Waals surface area contributed by atoms with Gasteiger partial charge in [0.15, 0.2) is 0 Å². The molecule has 1 fully saturated rings. The van der Waals surface area contributed by atoms with E-state index in [1.54, 1.807) is 0 Å². The first kappa shape index (κ1) is 12.9. The fraction of sp³-hybridized carbons (Fsp3) is 1.00. The highest BCUT2D eigenvalue weighted by molar-refractivity contribution is 4.78. The highest BCUT2D eigenvalue weighted by Gasteiger charge is 2.22. The van der Waals surface area contributed by atoms with Crippen LogP contribution in [0.2, 0.25) is 0 Å². The molecular weight excluding hydrogens is 192 g/mol. The highest BCUT2D eigenvalue weighted by atomic mass is 16.5. The minimum Gasteiger partial charge on any atom is -0.389 e. The Morgan fingerprint density at radius 2 is 2.07 bits per heavy atom. The zero-order valence-corrected chi connectivity index (χ0v) is 9.74. The first-order valence-electron chi connectivity index (χ1n) is 5.93. The van der Waals surface area contributed by atoms with Crippen LogP contribution in [0.25, 0.3) is 0 Å². The largest absolute Gasteiger partial charge is 0.389 e. The van der Waals surface area contributed by atoms with Crippen LogP contribution in [0.3, 0.4) is 0 Å². The summed E-state index contributed by atoms with van der Waals surface area (Å²) in [6.07, 6.45) is 2.56. The van der Waals surface area contributed by atoms with E-state index in [4.69, 9.17) is 10.5 Å². The number of nitrogens with zero attached hydrogens (tertiary/aromatic N) is 1. The number of hydrogen-bond donors (Lipinski definition) is 2. The molecule has 0 aromatic heterocycles. The van der Waals surface area contributed by atoms with Gasteiger partial charge in [0.2, 0.25) is 0 Å². The molecule has 1 unspecified atom stereocenters. The van der Waals surface area contributed by atoms with Gasteiger partial charge in [0.1, 0.15) is 0 Å². The minimum absolute atomic E-state index is 0.368. The van der Waals surface area contributed by atoms with Crippen LogP contribution in [0.15, 0.2) is 0 Å². The van der Waals surface area contributed by atoms with Gasteiger partial charge in [-0.1, -0.05) is 6.92 Å². The van der Waals surface area contributed by atoms with Crippen molar-refractivity contribution in [1.82, 2.24) is 4.90 Å². The van der Waals surface area contributed by atoms with Gasteiger partial charge in [-0.05, 0) is 25.8 Å². The van der Waals surface area contributed by atoms with Crippen molar-refractivity contribution in [3.05, 3.63) is 0 Å². The molecule has 1 atom stereocenters. The van der Waals surface area contributed by atoms with Crippen LogP contribution in [0.1, 0.15) is 26.2 Å². The van der Waals surface area contributed by atoms with Gasteiger partial charge in [0.25, 0.3) is 0 Å². The Bertz CT molecular complexity index is 166. The average molecular weight is 216 g/mol. The van der Waals surface area contributed by atoms with E-state index in [1.165, 1.54) is 0 Å². The van der Waals surface area contributed by atoms with Crippen LogP contribution in [-0.4, -0.2) is 55.0 Å². The second-order valence-electron chi connectivity index (χ2n) is 4.34. The maximum atomic E-state index is 9.99. The Hall–Kier alpha value is -0.160. The van der Waals surface area contributed by atoms with E-state index in [9.17, 15) is 5.11 Å². The highest BCUT2D eigenvalue weighted by Crippen LogP contribution is 2.16. The first-order valence-corrected chi connectivity index (χ1v) is 5.93. The van der Waals surface area contributed by atoms with Crippen molar-refractivity contribution in [2.24, 2.45) is 5.73 Å². The van der Waals surface area contributed by atoms with Crippen LogP contribution >= 0.6 is 0 Å². The summed E-state index contributed by atoms with van der Waals surface area (Å²) < 4.78 is 5.28. The predicted molar refractivity (Wildman–Crippen MR) is 60.8 cm³/mol. The summed E-state index contributed by atoms with van der Waals surface area (Å²) in [7, 11) is 0. The third kappa shape index (κ3) is 4.47. The summed E-state index contributed by atoms with van der Waals surface area (Å²) >= 11 is 0. The van der Waals surface area contributed by atoms with Gasteiger partial charge in [0, 0.05) is 19.6 Å². The topological polar surface area (TPSA) is 58.7 Å². The van der Waals surface area contributed by atoms with Crippen LogP contribution in [0.5, 0.6) is 0 Å². The number of morpholine rings is 1. The summed E-state index contributed by atoms with van der Waals surface area (Å²) in [4.78, 5) is 2.39. The lowest BCUT2D eigenvalue weighted by molar-refractivity contribution is 0.0176. The molecule has 0 bridgehead atoms. The Kier molecular flexibility index (Phi) is 5.53. The van der Waals surface area contributed by atoms with Crippen molar-refractivity contribution >= 4 is 0 Å². The van der Waals surface area contributed by atoms with E-state index in [-0.39, 0.29) is 0 Å². The lowest BCUT2D eigenvalue weighted by Crippen LogP contribution is -2.40. The summed E-state index contributed by atoms with van der Waals surface area (Å²) in [6.45, 7) is 7.13. The number of hydrogen-bond acceptors (Lipinski definition) is 4. The summed E-state index contributed by atoms with van der Waals surface area (Å²) in [5.74, 6) is 0. The van der Waals surface area contributed by atoms with Crippen molar-refractivity contribution in [3.63, 3.8) is 0 Å². The van der Waals surface area contributed by atoms with Crippen LogP contribution in [-0.2, 0) is 4.74 Å². The lowest BCUT2D eigenvalue weighted by Gasteiger charge is -2.29. The number of nitrogens with two attached hydrogens (primary N) is 1. The zero-order chi connectivity index (χ0) is 11.1. The molecule has 3 N–H and O–H groups in total. The molecule has 1 aliphatic heterocycles. The van der Waals surface area contributed by atoms with Gasteiger partial charge in [-0.15, -0.1) is 0 Å². The molecule has 0 saturated carbocycles. The second kappa shape index (κ2) is 6.43. The zero-order valence-electron chi connectivity index (χ0n) is 9.74. The summed E-state index contributed by atoms with van der Waals surface area (Å²) in [5, 5.41) is 9.99. The maximum absolute atomic E-state index is 9.99. The molecule has 4 nitrogen and oxygen atoms in total. The molecule has 1 saturated heterocycles. The minimum atomic E-state index is -0.647. The standard InChI is InChI=1S/C11H24N2O2/c1-2-11(14,10-12)4-3-5-13-6-8-15-9-7-13/h14H,2-10,12H2,1H3. The molecule has 15 heavy (non-hydrogen) atoms. The molecule has 0 aliphatic carbocycles. The Labute approximate surface area is 92.4 Å². The monoisotopic (exact) mass is 216 g/mol. The van der Waals surface area contributed by atoms with Gasteiger partial charge in [-0.2, -0.15) is 0 Å². The summed E-state index contributed by atoms with van der Waals surface area (Å²) in [5.41, 5.74) is 4.91. The van der Waals surface area contributed by atoms with E-state index in [0.717, 1.165) is 52.1 Å². The molecule has 0 aromatic carbocycles.